The Hall–Kier alpha value is -2.91. The topological polar surface area (TPSA) is 73.6 Å². The minimum Gasteiger partial charge on any atom is -0.382 e. The number of benzene rings is 1. The molecule has 0 saturated heterocycles. The molecule has 0 spiro atoms. The van der Waals surface area contributed by atoms with Gasteiger partial charge in [0.25, 0.3) is 11.8 Å². The zero-order chi connectivity index (χ0) is 21.4. The first-order valence-electron chi connectivity index (χ1n) is 10.1. The molecule has 1 aromatic carbocycles. The van der Waals surface area contributed by atoms with Crippen LogP contribution in [0.3, 0.4) is 0 Å². The fraction of sp³-hybridized carbons (Fsp3) is 0.435. The van der Waals surface area contributed by atoms with E-state index in [2.05, 4.69) is 18.7 Å². The number of nitriles is 1. The zero-order valence-corrected chi connectivity index (χ0v) is 17.7. The van der Waals surface area contributed by atoms with Gasteiger partial charge in [-0.05, 0) is 63.5 Å². The number of imide groups is 1. The van der Waals surface area contributed by atoms with Crippen LogP contribution >= 0.6 is 0 Å². The third-order valence-corrected chi connectivity index (χ3v) is 5.03. The molecular formula is C23H29N3O3. The molecule has 1 heterocycles. The quantitative estimate of drug-likeness (QED) is 0.363. The standard InChI is InChI=1S/C23H29N3O3/c1-5-25(6-2)19-11-9-18(10-12-19)15-20-17(4)21(16-24)23(28)26(22(20)27)13-8-14-29-7-3/h9-12,15H,5-8,13-14H2,1-4H3/b20-15+. The van der Waals surface area contributed by atoms with Crippen molar-refractivity contribution in [1.29, 1.82) is 5.26 Å². The molecule has 29 heavy (non-hydrogen) atoms. The van der Waals surface area contributed by atoms with Crippen molar-refractivity contribution >= 4 is 23.6 Å². The van der Waals surface area contributed by atoms with Gasteiger partial charge in [0, 0.05) is 44.1 Å². The van der Waals surface area contributed by atoms with Crippen molar-refractivity contribution in [1.82, 2.24) is 4.90 Å². The number of rotatable bonds is 9. The zero-order valence-electron chi connectivity index (χ0n) is 17.7. The van der Waals surface area contributed by atoms with Crippen LogP contribution in [0.1, 0.15) is 39.7 Å². The van der Waals surface area contributed by atoms with E-state index in [1.54, 1.807) is 13.0 Å². The minimum atomic E-state index is -0.527. The third kappa shape index (κ3) is 5.12. The summed E-state index contributed by atoms with van der Waals surface area (Å²) in [7, 11) is 0. The van der Waals surface area contributed by atoms with E-state index in [0.29, 0.717) is 30.8 Å². The summed E-state index contributed by atoms with van der Waals surface area (Å²) in [5.74, 6) is -0.892. The number of anilines is 1. The van der Waals surface area contributed by atoms with Crippen molar-refractivity contribution in [3.63, 3.8) is 0 Å². The fourth-order valence-electron chi connectivity index (χ4n) is 3.34. The average Bonchev–Trinajstić information content (AvgIpc) is 2.73. The van der Waals surface area contributed by atoms with Crippen LogP contribution in [-0.2, 0) is 14.3 Å². The van der Waals surface area contributed by atoms with Gasteiger partial charge >= 0.3 is 0 Å². The number of ether oxygens (including phenoxy) is 1. The van der Waals surface area contributed by atoms with Gasteiger partial charge in [0.1, 0.15) is 11.6 Å². The summed E-state index contributed by atoms with van der Waals surface area (Å²) in [6.07, 6.45) is 2.29. The van der Waals surface area contributed by atoms with Gasteiger partial charge in [0.2, 0.25) is 0 Å². The normalized spacial score (nSPS) is 15.8. The molecule has 1 aliphatic heterocycles. The number of hydrogen-bond acceptors (Lipinski definition) is 5. The molecule has 0 aromatic heterocycles. The van der Waals surface area contributed by atoms with E-state index in [1.165, 1.54) is 0 Å². The molecule has 2 rings (SSSR count). The molecule has 0 fully saturated rings. The second kappa shape index (κ2) is 10.6. The molecule has 1 aromatic rings. The lowest BCUT2D eigenvalue weighted by molar-refractivity contribution is -0.140. The Morgan fingerprint density at radius 1 is 1.10 bits per heavy atom. The van der Waals surface area contributed by atoms with Crippen molar-refractivity contribution in [2.75, 3.05) is 37.7 Å². The maximum Gasteiger partial charge on any atom is 0.271 e. The lowest BCUT2D eigenvalue weighted by Crippen LogP contribution is -2.43. The Bertz CT molecular complexity index is 843. The molecule has 0 saturated carbocycles. The predicted molar refractivity (Wildman–Crippen MR) is 114 cm³/mol. The van der Waals surface area contributed by atoms with Gasteiger partial charge in [-0.3, -0.25) is 14.5 Å². The third-order valence-electron chi connectivity index (χ3n) is 5.03. The summed E-state index contributed by atoms with van der Waals surface area (Å²) in [5, 5.41) is 9.46. The summed E-state index contributed by atoms with van der Waals surface area (Å²) in [4.78, 5) is 29.0. The molecule has 6 heteroatoms. The van der Waals surface area contributed by atoms with E-state index in [9.17, 15) is 14.9 Å². The van der Waals surface area contributed by atoms with E-state index in [0.717, 1.165) is 29.2 Å². The van der Waals surface area contributed by atoms with Gasteiger partial charge < -0.3 is 9.64 Å². The van der Waals surface area contributed by atoms with Crippen molar-refractivity contribution in [2.24, 2.45) is 0 Å². The van der Waals surface area contributed by atoms with Crippen LogP contribution in [0.25, 0.3) is 6.08 Å². The number of carbonyl (C=O) groups is 2. The molecule has 1 aliphatic rings. The molecule has 0 radical (unpaired) electrons. The Kier molecular flexibility index (Phi) is 8.17. The highest BCUT2D eigenvalue weighted by Gasteiger charge is 2.35. The van der Waals surface area contributed by atoms with Gasteiger partial charge in [-0.15, -0.1) is 0 Å². The summed E-state index contributed by atoms with van der Waals surface area (Å²) in [6, 6.07) is 9.89. The molecule has 154 valence electrons. The molecule has 0 atom stereocenters. The largest absolute Gasteiger partial charge is 0.382 e. The first-order chi connectivity index (χ1) is 14.0. The highest BCUT2D eigenvalue weighted by molar-refractivity contribution is 6.19. The molecular weight excluding hydrogens is 366 g/mol. The van der Waals surface area contributed by atoms with Crippen molar-refractivity contribution in [3.05, 3.63) is 46.5 Å². The monoisotopic (exact) mass is 395 g/mol. The Morgan fingerprint density at radius 2 is 1.76 bits per heavy atom. The summed E-state index contributed by atoms with van der Waals surface area (Å²) < 4.78 is 5.30. The minimum absolute atomic E-state index is 0.0204. The molecule has 0 N–H and O–H groups in total. The molecule has 0 bridgehead atoms. The Morgan fingerprint density at radius 3 is 2.31 bits per heavy atom. The van der Waals surface area contributed by atoms with Crippen LogP contribution in [0.15, 0.2) is 41.0 Å². The van der Waals surface area contributed by atoms with E-state index in [1.807, 2.05) is 37.3 Å². The van der Waals surface area contributed by atoms with Gasteiger partial charge in [0.05, 0.1) is 0 Å². The van der Waals surface area contributed by atoms with E-state index >= 15 is 0 Å². The van der Waals surface area contributed by atoms with Gasteiger partial charge in [-0.1, -0.05) is 12.1 Å². The SMILES string of the molecule is CCOCCCN1C(=O)C(C#N)=C(C)/C(=C\c2ccc(N(CC)CC)cc2)C1=O. The maximum absolute atomic E-state index is 13.0. The van der Waals surface area contributed by atoms with E-state index in [-0.39, 0.29) is 18.0 Å². The van der Waals surface area contributed by atoms with Crippen molar-refractivity contribution in [3.8, 4) is 6.07 Å². The summed E-state index contributed by atoms with van der Waals surface area (Å²) in [6.45, 7) is 10.9. The number of carbonyl (C=O) groups excluding carboxylic acids is 2. The molecule has 0 aliphatic carbocycles. The first-order valence-corrected chi connectivity index (χ1v) is 10.1. The van der Waals surface area contributed by atoms with Crippen molar-refractivity contribution < 1.29 is 14.3 Å². The highest BCUT2D eigenvalue weighted by atomic mass is 16.5. The fourth-order valence-corrected chi connectivity index (χ4v) is 3.34. The van der Waals surface area contributed by atoms with Gasteiger partial charge in [0.15, 0.2) is 0 Å². The maximum atomic E-state index is 13.0. The number of hydrogen-bond donors (Lipinski definition) is 0. The van der Waals surface area contributed by atoms with Crippen molar-refractivity contribution in [2.45, 2.75) is 34.1 Å². The van der Waals surface area contributed by atoms with Crippen LogP contribution in [-0.4, -0.2) is 49.6 Å². The molecule has 6 nitrogen and oxygen atoms in total. The smallest absolute Gasteiger partial charge is 0.271 e. The van der Waals surface area contributed by atoms with Gasteiger partial charge in [-0.25, -0.2) is 0 Å². The van der Waals surface area contributed by atoms with Gasteiger partial charge in [-0.2, -0.15) is 5.26 Å². The first kappa shape index (κ1) is 22.4. The summed E-state index contributed by atoms with van der Waals surface area (Å²) in [5.41, 5.74) is 2.80. The lowest BCUT2D eigenvalue weighted by Gasteiger charge is -2.27. The molecule has 0 unspecified atom stereocenters. The van der Waals surface area contributed by atoms with Crippen LogP contribution in [0.2, 0.25) is 0 Å². The number of nitrogens with zero attached hydrogens (tertiary/aromatic N) is 3. The average molecular weight is 396 g/mol. The second-order valence-corrected chi connectivity index (χ2v) is 6.75. The van der Waals surface area contributed by atoms with E-state index < -0.39 is 5.91 Å². The Labute approximate surface area is 173 Å². The molecule has 2 amide bonds. The van der Waals surface area contributed by atoms with Crippen LogP contribution in [0.5, 0.6) is 0 Å². The van der Waals surface area contributed by atoms with Crippen LogP contribution in [0, 0.1) is 11.3 Å². The van der Waals surface area contributed by atoms with Crippen LogP contribution in [0.4, 0.5) is 5.69 Å². The number of amides is 2. The lowest BCUT2D eigenvalue weighted by atomic mass is 9.93. The van der Waals surface area contributed by atoms with Crippen LogP contribution < -0.4 is 4.90 Å². The predicted octanol–water partition coefficient (Wildman–Crippen LogP) is 3.55. The second-order valence-electron chi connectivity index (χ2n) is 6.75. The highest BCUT2D eigenvalue weighted by Crippen LogP contribution is 2.27. The summed E-state index contributed by atoms with van der Waals surface area (Å²) >= 11 is 0. The Balaban J connectivity index is 2.33. The van der Waals surface area contributed by atoms with E-state index in [4.69, 9.17) is 4.74 Å².